The monoisotopic (exact) mass is 234 g/mol. The summed E-state index contributed by atoms with van der Waals surface area (Å²) in [6, 6.07) is 6.46. The molecule has 0 aliphatic rings. The summed E-state index contributed by atoms with van der Waals surface area (Å²) in [5, 5.41) is 8.73. The quantitative estimate of drug-likeness (QED) is 0.842. The van der Waals surface area contributed by atoms with Crippen LogP contribution in [0.15, 0.2) is 18.2 Å². The van der Waals surface area contributed by atoms with Gasteiger partial charge in [-0.15, -0.1) is 0 Å². The Balaban J connectivity index is 2.72. The van der Waals surface area contributed by atoms with Gasteiger partial charge >= 0.3 is 5.97 Å². The van der Waals surface area contributed by atoms with E-state index >= 15 is 0 Å². The lowest BCUT2D eigenvalue weighted by Crippen LogP contribution is -2.17. The van der Waals surface area contributed by atoms with Crippen molar-refractivity contribution >= 4 is 5.97 Å². The lowest BCUT2D eigenvalue weighted by molar-refractivity contribution is -0.137. The van der Waals surface area contributed by atoms with E-state index in [0.29, 0.717) is 0 Å². The van der Waals surface area contributed by atoms with Crippen LogP contribution in [-0.2, 0) is 11.2 Å². The first-order valence-corrected chi connectivity index (χ1v) is 6.08. The van der Waals surface area contributed by atoms with Crippen molar-refractivity contribution in [2.24, 2.45) is 5.41 Å². The van der Waals surface area contributed by atoms with E-state index in [4.69, 9.17) is 5.11 Å². The minimum Gasteiger partial charge on any atom is -0.481 e. The van der Waals surface area contributed by atoms with E-state index in [2.05, 4.69) is 45.9 Å². The van der Waals surface area contributed by atoms with E-state index in [-0.39, 0.29) is 11.8 Å². The van der Waals surface area contributed by atoms with E-state index < -0.39 is 5.97 Å². The molecule has 0 atom stereocenters. The first-order valence-electron chi connectivity index (χ1n) is 6.08. The zero-order valence-corrected chi connectivity index (χ0v) is 11.2. The molecule has 0 fully saturated rings. The Morgan fingerprint density at radius 1 is 1.29 bits per heavy atom. The van der Waals surface area contributed by atoms with Gasteiger partial charge in [0.25, 0.3) is 0 Å². The Kier molecular flexibility index (Phi) is 4.33. The fourth-order valence-corrected chi connectivity index (χ4v) is 2.09. The van der Waals surface area contributed by atoms with Crippen LogP contribution in [-0.4, -0.2) is 11.1 Å². The highest BCUT2D eigenvalue weighted by Gasteiger charge is 2.20. The highest BCUT2D eigenvalue weighted by Crippen LogP contribution is 2.29. The molecule has 2 heteroatoms. The van der Waals surface area contributed by atoms with Crippen LogP contribution in [0.25, 0.3) is 0 Å². The van der Waals surface area contributed by atoms with E-state index in [1.807, 2.05) is 0 Å². The zero-order valence-electron chi connectivity index (χ0n) is 11.2. The van der Waals surface area contributed by atoms with E-state index in [9.17, 15) is 4.79 Å². The molecule has 2 nitrogen and oxygen atoms in total. The molecule has 0 saturated carbocycles. The van der Waals surface area contributed by atoms with E-state index in [0.717, 1.165) is 12.8 Å². The second-order valence-corrected chi connectivity index (χ2v) is 5.66. The van der Waals surface area contributed by atoms with Crippen LogP contribution in [0.4, 0.5) is 0 Å². The molecule has 0 heterocycles. The van der Waals surface area contributed by atoms with Crippen molar-refractivity contribution in [2.75, 3.05) is 0 Å². The van der Waals surface area contributed by atoms with Gasteiger partial charge in [0, 0.05) is 6.42 Å². The lowest BCUT2D eigenvalue weighted by Gasteiger charge is -2.25. The number of carbonyl (C=O) groups is 1. The summed E-state index contributed by atoms with van der Waals surface area (Å²) in [5.41, 5.74) is 3.94. The largest absolute Gasteiger partial charge is 0.481 e. The lowest BCUT2D eigenvalue weighted by atomic mass is 9.80. The van der Waals surface area contributed by atoms with Crippen LogP contribution >= 0.6 is 0 Å². The summed E-state index contributed by atoms with van der Waals surface area (Å²) in [6.45, 7) is 8.48. The molecule has 17 heavy (non-hydrogen) atoms. The molecule has 0 spiro atoms. The van der Waals surface area contributed by atoms with Crippen LogP contribution in [0.5, 0.6) is 0 Å². The molecule has 0 radical (unpaired) electrons. The Morgan fingerprint density at radius 3 is 2.47 bits per heavy atom. The van der Waals surface area contributed by atoms with Gasteiger partial charge in [0.2, 0.25) is 0 Å². The predicted octanol–water partition coefficient (Wildman–Crippen LogP) is 3.74. The summed E-state index contributed by atoms with van der Waals surface area (Å²) >= 11 is 0. The fraction of sp³-hybridized carbons (Fsp3) is 0.533. The summed E-state index contributed by atoms with van der Waals surface area (Å²) in [5.74, 6) is -0.710. The van der Waals surface area contributed by atoms with Crippen molar-refractivity contribution < 1.29 is 9.90 Å². The number of hydrogen-bond donors (Lipinski definition) is 1. The molecule has 0 saturated heterocycles. The van der Waals surface area contributed by atoms with Gasteiger partial charge in [0.1, 0.15) is 0 Å². The Labute approximate surface area is 104 Å². The molecule has 0 aromatic heterocycles. The second kappa shape index (κ2) is 5.35. The van der Waals surface area contributed by atoms with Gasteiger partial charge in [-0.25, -0.2) is 0 Å². The molecule has 1 aromatic rings. The molecule has 1 aromatic carbocycles. The molecule has 1 rings (SSSR count). The average molecular weight is 234 g/mol. The number of hydrogen-bond acceptors (Lipinski definition) is 1. The third kappa shape index (κ3) is 4.59. The number of carboxylic acid groups (broad SMARTS) is 1. The van der Waals surface area contributed by atoms with Gasteiger partial charge in [-0.1, -0.05) is 37.6 Å². The normalized spacial score (nSPS) is 11.5. The topological polar surface area (TPSA) is 37.3 Å². The van der Waals surface area contributed by atoms with Crippen molar-refractivity contribution in [3.8, 4) is 0 Å². The number of rotatable bonds is 5. The molecular weight excluding hydrogens is 212 g/mol. The van der Waals surface area contributed by atoms with E-state index in [1.165, 1.54) is 16.7 Å². The molecule has 0 aliphatic heterocycles. The van der Waals surface area contributed by atoms with Crippen molar-refractivity contribution in [2.45, 2.75) is 47.0 Å². The Morgan fingerprint density at radius 2 is 1.94 bits per heavy atom. The minimum atomic E-state index is -0.710. The molecule has 0 bridgehead atoms. The van der Waals surface area contributed by atoms with Gasteiger partial charge in [0.15, 0.2) is 0 Å². The number of benzene rings is 1. The van der Waals surface area contributed by atoms with Gasteiger partial charge < -0.3 is 5.11 Å². The van der Waals surface area contributed by atoms with Gasteiger partial charge in [-0.2, -0.15) is 0 Å². The highest BCUT2D eigenvalue weighted by atomic mass is 16.4. The standard InChI is InChI=1S/C15H22O2/c1-11-5-6-13(12(2)9-11)10-15(3,4)8-7-14(16)17/h5-6,9H,7-8,10H2,1-4H3,(H,16,17). The molecule has 0 unspecified atom stereocenters. The van der Waals surface area contributed by atoms with Crippen molar-refractivity contribution in [3.63, 3.8) is 0 Å². The van der Waals surface area contributed by atoms with Gasteiger partial charge in [-0.3, -0.25) is 4.79 Å². The summed E-state index contributed by atoms with van der Waals surface area (Å²) < 4.78 is 0. The second-order valence-electron chi connectivity index (χ2n) is 5.66. The van der Waals surface area contributed by atoms with Crippen LogP contribution in [0.1, 0.15) is 43.4 Å². The van der Waals surface area contributed by atoms with Crippen LogP contribution in [0.3, 0.4) is 0 Å². The maximum atomic E-state index is 10.6. The third-order valence-electron chi connectivity index (χ3n) is 3.18. The van der Waals surface area contributed by atoms with Crippen molar-refractivity contribution in [3.05, 3.63) is 34.9 Å². The van der Waals surface area contributed by atoms with Crippen molar-refractivity contribution in [1.29, 1.82) is 0 Å². The van der Waals surface area contributed by atoms with Crippen LogP contribution in [0.2, 0.25) is 0 Å². The maximum Gasteiger partial charge on any atom is 0.303 e. The summed E-state index contributed by atoms with van der Waals surface area (Å²) in [4.78, 5) is 10.6. The maximum absolute atomic E-state index is 10.6. The molecule has 94 valence electrons. The minimum absolute atomic E-state index is 0.0401. The van der Waals surface area contributed by atoms with E-state index in [1.54, 1.807) is 0 Å². The molecule has 0 aliphatic carbocycles. The van der Waals surface area contributed by atoms with Gasteiger partial charge in [-0.05, 0) is 43.2 Å². The fourth-order valence-electron chi connectivity index (χ4n) is 2.09. The van der Waals surface area contributed by atoms with Crippen LogP contribution < -0.4 is 0 Å². The number of aryl methyl sites for hydroxylation is 2. The first-order chi connectivity index (χ1) is 7.80. The third-order valence-corrected chi connectivity index (χ3v) is 3.18. The molecule has 1 N–H and O–H groups in total. The average Bonchev–Trinajstić information content (AvgIpc) is 2.20. The first kappa shape index (κ1) is 13.8. The smallest absolute Gasteiger partial charge is 0.303 e. The number of aliphatic carboxylic acids is 1. The Hall–Kier alpha value is -1.31. The molecular formula is C15H22O2. The van der Waals surface area contributed by atoms with Crippen LogP contribution in [0, 0.1) is 19.3 Å². The van der Waals surface area contributed by atoms with Crippen molar-refractivity contribution in [1.82, 2.24) is 0 Å². The molecule has 0 amide bonds. The predicted molar refractivity (Wildman–Crippen MR) is 70.3 cm³/mol. The highest BCUT2D eigenvalue weighted by molar-refractivity contribution is 5.66. The Bertz CT molecular complexity index is 405. The summed E-state index contributed by atoms with van der Waals surface area (Å²) in [6.07, 6.45) is 1.90. The number of carboxylic acids is 1. The zero-order chi connectivity index (χ0) is 13.1. The van der Waals surface area contributed by atoms with Gasteiger partial charge in [0.05, 0.1) is 0 Å². The SMILES string of the molecule is Cc1ccc(CC(C)(C)CCC(=O)O)c(C)c1. The summed E-state index contributed by atoms with van der Waals surface area (Å²) in [7, 11) is 0.